The molecule has 0 amide bonds. The lowest BCUT2D eigenvalue weighted by atomic mass is 10.2. The van der Waals surface area contributed by atoms with Crippen LogP contribution in [0.4, 0.5) is 17.1 Å². The summed E-state index contributed by atoms with van der Waals surface area (Å²) < 4.78 is 5.40. The molecule has 0 bridgehead atoms. The second-order valence-corrected chi connectivity index (χ2v) is 5.24. The molecular weight excluding hydrogens is 262 g/mol. The van der Waals surface area contributed by atoms with E-state index in [0.717, 1.165) is 44.2 Å². The Balaban J connectivity index is 1.64. The van der Waals surface area contributed by atoms with Gasteiger partial charge in [-0.1, -0.05) is 18.2 Å². The van der Waals surface area contributed by atoms with Crippen molar-refractivity contribution in [2.75, 3.05) is 42.3 Å². The number of hydrogen-bond donors (Lipinski definition) is 2. The molecule has 0 saturated carbocycles. The van der Waals surface area contributed by atoms with E-state index in [4.69, 9.17) is 10.5 Å². The van der Waals surface area contributed by atoms with Gasteiger partial charge in [-0.3, -0.25) is 0 Å². The fraction of sp³-hybridized carbons (Fsp3) is 0.294. The van der Waals surface area contributed by atoms with Crippen molar-refractivity contribution in [1.82, 2.24) is 0 Å². The molecule has 3 rings (SSSR count). The maximum Gasteiger partial charge on any atom is 0.0642 e. The number of morpholine rings is 1. The monoisotopic (exact) mass is 283 g/mol. The Morgan fingerprint density at radius 3 is 2.57 bits per heavy atom. The Bertz CT molecular complexity index is 577. The number of benzene rings is 2. The number of ether oxygens (including phenoxy) is 1. The van der Waals surface area contributed by atoms with Crippen LogP contribution >= 0.6 is 0 Å². The zero-order chi connectivity index (χ0) is 14.5. The molecule has 21 heavy (non-hydrogen) atoms. The molecule has 2 aromatic rings. The first-order valence-corrected chi connectivity index (χ1v) is 7.32. The van der Waals surface area contributed by atoms with Crippen molar-refractivity contribution in [3.05, 3.63) is 54.1 Å². The van der Waals surface area contributed by atoms with Crippen molar-refractivity contribution in [2.45, 2.75) is 6.54 Å². The minimum atomic E-state index is 0.798. The molecule has 1 aliphatic rings. The Morgan fingerprint density at radius 1 is 1.05 bits per heavy atom. The van der Waals surface area contributed by atoms with E-state index in [9.17, 15) is 0 Å². The topological polar surface area (TPSA) is 50.5 Å². The van der Waals surface area contributed by atoms with Gasteiger partial charge < -0.3 is 20.7 Å². The van der Waals surface area contributed by atoms with Gasteiger partial charge >= 0.3 is 0 Å². The Labute approximate surface area is 125 Å². The van der Waals surface area contributed by atoms with E-state index in [0.29, 0.717) is 0 Å². The van der Waals surface area contributed by atoms with Gasteiger partial charge in [0, 0.05) is 36.7 Å². The highest BCUT2D eigenvalue weighted by molar-refractivity contribution is 5.58. The molecule has 0 aromatic heterocycles. The lowest BCUT2D eigenvalue weighted by Gasteiger charge is -2.29. The maximum atomic E-state index is 5.70. The second kappa shape index (κ2) is 6.50. The van der Waals surface area contributed by atoms with Crippen molar-refractivity contribution in [1.29, 1.82) is 0 Å². The third kappa shape index (κ3) is 3.67. The van der Waals surface area contributed by atoms with Gasteiger partial charge in [0.2, 0.25) is 0 Å². The van der Waals surface area contributed by atoms with E-state index in [2.05, 4.69) is 34.5 Å². The van der Waals surface area contributed by atoms with Crippen molar-refractivity contribution < 1.29 is 4.74 Å². The van der Waals surface area contributed by atoms with Crippen LogP contribution in [0.25, 0.3) is 0 Å². The molecule has 1 saturated heterocycles. The number of nitrogens with two attached hydrogens (primary N) is 1. The predicted octanol–water partition coefficient (Wildman–Crippen LogP) is 2.72. The van der Waals surface area contributed by atoms with E-state index in [-0.39, 0.29) is 0 Å². The average Bonchev–Trinajstić information content (AvgIpc) is 2.55. The first-order chi connectivity index (χ1) is 10.3. The summed E-state index contributed by atoms with van der Waals surface area (Å²) in [7, 11) is 0. The van der Waals surface area contributed by atoms with Gasteiger partial charge in [-0.05, 0) is 35.9 Å². The van der Waals surface area contributed by atoms with Crippen LogP contribution in [0.3, 0.4) is 0 Å². The van der Waals surface area contributed by atoms with Crippen LogP contribution in [-0.4, -0.2) is 26.3 Å². The molecule has 110 valence electrons. The Morgan fingerprint density at radius 2 is 1.81 bits per heavy atom. The van der Waals surface area contributed by atoms with E-state index in [1.807, 2.05) is 24.3 Å². The molecule has 0 unspecified atom stereocenters. The molecular formula is C17H21N3O. The highest BCUT2D eigenvalue weighted by Gasteiger charge is 2.11. The molecule has 4 nitrogen and oxygen atoms in total. The zero-order valence-electron chi connectivity index (χ0n) is 12.1. The van der Waals surface area contributed by atoms with Crippen LogP contribution in [0.1, 0.15) is 5.56 Å². The van der Waals surface area contributed by atoms with Crippen LogP contribution in [0.2, 0.25) is 0 Å². The van der Waals surface area contributed by atoms with Gasteiger partial charge in [0.1, 0.15) is 0 Å². The maximum absolute atomic E-state index is 5.70. The highest BCUT2D eigenvalue weighted by Crippen LogP contribution is 2.21. The van der Waals surface area contributed by atoms with Gasteiger partial charge in [-0.2, -0.15) is 0 Å². The largest absolute Gasteiger partial charge is 0.399 e. The molecule has 2 aromatic carbocycles. The average molecular weight is 283 g/mol. The quantitative estimate of drug-likeness (QED) is 0.847. The summed E-state index contributed by atoms with van der Waals surface area (Å²) in [6.45, 7) is 4.34. The molecule has 4 heteroatoms. The van der Waals surface area contributed by atoms with Gasteiger partial charge in [0.15, 0.2) is 0 Å². The number of nitrogen functional groups attached to an aromatic ring is 1. The first-order valence-electron chi connectivity index (χ1n) is 7.32. The summed E-state index contributed by atoms with van der Waals surface area (Å²) in [5.41, 5.74) is 10.1. The molecule has 1 fully saturated rings. The molecule has 1 aliphatic heterocycles. The molecule has 3 N–H and O–H groups in total. The lowest BCUT2D eigenvalue weighted by Crippen LogP contribution is -2.36. The summed E-state index contributed by atoms with van der Waals surface area (Å²) in [6.07, 6.45) is 0. The van der Waals surface area contributed by atoms with Crippen LogP contribution in [-0.2, 0) is 11.3 Å². The summed E-state index contributed by atoms with van der Waals surface area (Å²) in [5.74, 6) is 0. The van der Waals surface area contributed by atoms with Crippen molar-refractivity contribution in [3.8, 4) is 0 Å². The van der Waals surface area contributed by atoms with Gasteiger partial charge in [0.05, 0.1) is 13.2 Å². The van der Waals surface area contributed by atoms with Crippen molar-refractivity contribution >= 4 is 17.1 Å². The number of hydrogen-bond acceptors (Lipinski definition) is 4. The van der Waals surface area contributed by atoms with Gasteiger partial charge in [-0.25, -0.2) is 0 Å². The molecule has 0 spiro atoms. The number of nitrogens with one attached hydrogen (secondary N) is 1. The predicted molar refractivity (Wildman–Crippen MR) is 87.7 cm³/mol. The van der Waals surface area contributed by atoms with Crippen molar-refractivity contribution in [2.24, 2.45) is 0 Å². The molecule has 0 atom stereocenters. The smallest absolute Gasteiger partial charge is 0.0642 e. The van der Waals surface area contributed by atoms with Gasteiger partial charge in [0.25, 0.3) is 0 Å². The van der Waals surface area contributed by atoms with E-state index < -0.39 is 0 Å². The van der Waals surface area contributed by atoms with Crippen molar-refractivity contribution in [3.63, 3.8) is 0 Å². The minimum Gasteiger partial charge on any atom is -0.399 e. The fourth-order valence-electron chi connectivity index (χ4n) is 2.47. The van der Waals surface area contributed by atoms with Crippen LogP contribution < -0.4 is 16.0 Å². The normalized spacial score (nSPS) is 15.0. The third-order valence-corrected chi connectivity index (χ3v) is 3.70. The highest BCUT2D eigenvalue weighted by atomic mass is 16.5. The zero-order valence-corrected chi connectivity index (χ0v) is 12.1. The molecule has 0 radical (unpaired) electrons. The first kappa shape index (κ1) is 13.8. The number of rotatable bonds is 4. The number of anilines is 3. The van der Waals surface area contributed by atoms with E-state index >= 15 is 0 Å². The SMILES string of the molecule is Nc1ccc(CNc2cccc(N3CCOCC3)c2)cc1. The summed E-state index contributed by atoms with van der Waals surface area (Å²) >= 11 is 0. The van der Waals surface area contributed by atoms with Crippen LogP contribution in [0.5, 0.6) is 0 Å². The minimum absolute atomic E-state index is 0.798. The molecule has 0 aliphatic carbocycles. The van der Waals surface area contributed by atoms with Crippen LogP contribution in [0, 0.1) is 0 Å². The summed E-state index contributed by atoms with van der Waals surface area (Å²) in [4.78, 5) is 2.36. The number of nitrogens with zero attached hydrogens (tertiary/aromatic N) is 1. The molecule has 1 heterocycles. The Hall–Kier alpha value is -2.20. The van der Waals surface area contributed by atoms with E-state index in [1.54, 1.807) is 0 Å². The second-order valence-electron chi connectivity index (χ2n) is 5.24. The summed E-state index contributed by atoms with van der Waals surface area (Å²) in [6, 6.07) is 16.5. The lowest BCUT2D eigenvalue weighted by molar-refractivity contribution is 0.122. The van der Waals surface area contributed by atoms with Gasteiger partial charge in [-0.15, -0.1) is 0 Å². The van der Waals surface area contributed by atoms with E-state index in [1.165, 1.54) is 11.3 Å². The standard InChI is InChI=1S/C17H21N3O/c18-15-6-4-14(5-7-15)13-19-16-2-1-3-17(12-16)20-8-10-21-11-9-20/h1-7,12,19H,8-11,13,18H2. The Kier molecular flexibility index (Phi) is 4.26. The van der Waals surface area contributed by atoms with Crippen LogP contribution in [0.15, 0.2) is 48.5 Å². The fourth-order valence-corrected chi connectivity index (χ4v) is 2.47. The summed E-state index contributed by atoms with van der Waals surface area (Å²) in [5, 5.41) is 3.46. The third-order valence-electron chi connectivity index (χ3n) is 3.70.